The fraction of sp³-hybridized carbons (Fsp3) is 0. The highest BCUT2D eigenvalue weighted by molar-refractivity contribution is 8.26. The molecule has 27 heavy (non-hydrogen) atoms. The summed E-state index contributed by atoms with van der Waals surface area (Å²) in [5.74, 6) is -0.234. The predicted octanol–water partition coefficient (Wildman–Crippen LogP) is 4.55. The number of ether oxygens (including phenoxy) is 1. The molecule has 4 nitrogen and oxygen atoms in total. The molecule has 0 aromatic heterocycles. The van der Waals surface area contributed by atoms with E-state index in [2.05, 4.69) is 5.32 Å². The van der Waals surface area contributed by atoms with Gasteiger partial charge in [0.05, 0.1) is 10.5 Å². The van der Waals surface area contributed by atoms with E-state index in [1.54, 1.807) is 30.3 Å². The highest BCUT2D eigenvalue weighted by Crippen LogP contribution is 2.27. The molecule has 0 spiro atoms. The monoisotopic (exact) mass is 391 g/mol. The van der Waals surface area contributed by atoms with Crippen molar-refractivity contribution in [2.24, 2.45) is 0 Å². The molecule has 0 bridgehead atoms. The van der Waals surface area contributed by atoms with Crippen molar-refractivity contribution in [1.82, 2.24) is 5.32 Å². The van der Waals surface area contributed by atoms with Crippen LogP contribution in [0.2, 0.25) is 0 Å². The molecule has 1 saturated heterocycles. The summed E-state index contributed by atoms with van der Waals surface area (Å²) < 4.78 is 6.00. The molecule has 1 aliphatic rings. The van der Waals surface area contributed by atoms with E-state index in [1.807, 2.05) is 42.5 Å². The SMILES string of the molecule is O=C1NC(=S)SC1=Cc1cccc(OC(=O)c2cccc3ccccc23)c1. The molecule has 1 heterocycles. The summed E-state index contributed by atoms with van der Waals surface area (Å²) in [4.78, 5) is 25.0. The van der Waals surface area contributed by atoms with Crippen molar-refractivity contribution in [2.75, 3.05) is 0 Å². The molecule has 0 unspecified atom stereocenters. The number of esters is 1. The van der Waals surface area contributed by atoms with Crippen LogP contribution in [0.1, 0.15) is 15.9 Å². The first-order valence-corrected chi connectivity index (χ1v) is 9.37. The highest BCUT2D eigenvalue weighted by Gasteiger charge is 2.22. The molecule has 0 saturated carbocycles. The van der Waals surface area contributed by atoms with E-state index in [0.29, 0.717) is 20.5 Å². The van der Waals surface area contributed by atoms with Crippen LogP contribution >= 0.6 is 24.0 Å². The average Bonchev–Trinajstić information content (AvgIpc) is 2.98. The zero-order valence-corrected chi connectivity index (χ0v) is 15.6. The second kappa shape index (κ2) is 7.34. The molecule has 1 amide bonds. The minimum atomic E-state index is -0.425. The van der Waals surface area contributed by atoms with Crippen LogP contribution in [-0.2, 0) is 4.79 Å². The third-order valence-electron chi connectivity index (χ3n) is 4.02. The van der Waals surface area contributed by atoms with Gasteiger partial charge < -0.3 is 10.1 Å². The standard InChI is InChI=1S/C21H13NO3S2/c23-19-18(27-21(26)22-19)12-13-5-3-8-15(11-13)25-20(24)17-10-4-7-14-6-1-2-9-16(14)17/h1-12H,(H,22,23,26). The van der Waals surface area contributed by atoms with E-state index >= 15 is 0 Å². The Kier molecular flexibility index (Phi) is 4.75. The predicted molar refractivity (Wildman–Crippen MR) is 112 cm³/mol. The van der Waals surface area contributed by atoms with E-state index in [9.17, 15) is 9.59 Å². The largest absolute Gasteiger partial charge is 0.423 e. The average molecular weight is 391 g/mol. The van der Waals surface area contributed by atoms with Gasteiger partial charge in [0.2, 0.25) is 0 Å². The van der Waals surface area contributed by atoms with Crippen molar-refractivity contribution >= 4 is 57.0 Å². The lowest BCUT2D eigenvalue weighted by atomic mass is 10.0. The second-order valence-electron chi connectivity index (χ2n) is 5.84. The number of benzene rings is 3. The number of carbonyl (C=O) groups excluding carboxylic acids is 2. The molecular weight excluding hydrogens is 378 g/mol. The molecule has 132 valence electrons. The Labute approximate surface area is 165 Å². The first kappa shape index (κ1) is 17.5. The second-order valence-corrected chi connectivity index (χ2v) is 7.56. The molecular formula is C21H13NO3S2. The zero-order chi connectivity index (χ0) is 18.8. The first-order chi connectivity index (χ1) is 13.1. The number of hydrogen-bond acceptors (Lipinski definition) is 5. The van der Waals surface area contributed by atoms with Gasteiger partial charge in [-0.15, -0.1) is 0 Å². The Morgan fingerprint density at radius 1 is 1.04 bits per heavy atom. The van der Waals surface area contributed by atoms with E-state index in [4.69, 9.17) is 17.0 Å². The Hall–Kier alpha value is -2.96. The van der Waals surface area contributed by atoms with Gasteiger partial charge in [-0.05, 0) is 40.6 Å². The molecule has 1 fully saturated rings. The smallest absolute Gasteiger partial charge is 0.344 e. The third kappa shape index (κ3) is 3.77. The van der Waals surface area contributed by atoms with Crippen LogP contribution in [0.4, 0.5) is 0 Å². The molecule has 1 aliphatic heterocycles. The van der Waals surface area contributed by atoms with Gasteiger partial charge in [0, 0.05) is 0 Å². The number of amides is 1. The summed E-state index contributed by atoms with van der Waals surface area (Å²) in [6.45, 7) is 0. The van der Waals surface area contributed by atoms with Crippen LogP contribution in [0, 0.1) is 0 Å². The minimum absolute atomic E-state index is 0.219. The van der Waals surface area contributed by atoms with Gasteiger partial charge in [0.15, 0.2) is 0 Å². The Bertz CT molecular complexity index is 1120. The summed E-state index contributed by atoms with van der Waals surface area (Å²) >= 11 is 6.20. The van der Waals surface area contributed by atoms with Crippen LogP contribution in [0.25, 0.3) is 16.8 Å². The quantitative estimate of drug-likeness (QED) is 0.307. The summed E-state index contributed by atoms with van der Waals surface area (Å²) in [5.41, 5.74) is 1.26. The maximum Gasteiger partial charge on any atom is 0.344 e. The van der Waals surface area contributed by atoms with Crippen molar-refractivity contribution in [3.05, 3.63) is 82.8 Å². The Balaban J connectivity index is 1.60. The van der Waals surface area contributed by atoms with Crippen LogP contribution in [0.3, 0.4) is 0 Å². The lowest BCUT2D eigenvalue weighted by Crippen LogP contribution is -2.17. The summed E-state index contributed by atoms with van der Waals surface area (Å²) in [6, 6.07) is 20.2. The van der Waals surface area contributed by atoms with Crippen LogP contribution in [0.15, 0.2) is 71.6 Å². The van der Waals surface area contributed by atoms with Crippen LogP contribution in [0.5, 0.6) is 5.75 Å². The lowest BCUT2D eigenvalue weighted by molar-refractivity contribution is -0.115. The van der Waals surface area contributed by atoms with Gasteiger partial charge >= 0.3 is 5.97 Å². The van der Waals surface area contributed by atoms with E-state index in [-0.39, 0.29) is 5.91 Å². The number of rotatable bonds is 3. The highest BCUT2D eigenvalue weighted by atomic mass is 32.2. The number of fused-ring (bicyclic) bond motifs is 1. The number of carbonyl (C=O) groups is 2. The Morgan fingerprint density at radius 3 is 2.63 bits per heavy atom. The summed E-state index contributed by atoms with van der Waals surface area (Å²) in [6.07, 6.45) is 1.72. The maximum absolute atomic E-state index is 12.7. The van der Waals surface area contributed by atoms with E-state index in [1.165, 1.54) is 11.8 Å². The van der Waals surface area contributed by atoms with Crippen molar-refractivity contribution in [2.45, 2.75) is 0 Å². The topological polar surface area (TPSA) is 55.4 Å². The van der Waals surface area contributed by atoms with Gasteiger partial charge in [-0.2, -0.15) is 0 Å². The van der Waals surface area contributed by atoms with Crippen molar-refractivity contribution < 1.29 is 14.3 Å². The molecule has 1 N–H and O–H groups in total. The Morgan fingerprint density at radius 2 is 1.81 bits per heavy atom. The number of nitrogens with one attached hydrogen (secondary N) is 1. The molecule has 3 aromatic carbocycles. The fourth-order valence-corrected chi connectivity index (χ4v) is 3.85. The first-order valence-electron chi connectivity index (χ1n) is 8.15. The van der Waals surface area contributed by atoms with Gasteiger partial charge in [-0.3, -0.25) is 4.79 Å². The molecule has 0 aliphatic carbocycles. The van der Waals surface area contributed by atoms with Crippen LogP contribution in [-0.4, -0.2) is 16.2 Å². The fourth-order valence-electron chi connectivity index (χ4n) is 2.81. The molecule has 0 atom stereocenters. The maximum atomic E-state index is 12.7. The number of thiocarbonyl (C=S) groups is 1. The van der Waals surface area contributed by atoms with Crippen molar-refractivity contribution in [1.29, 1.82) is 0 Å². The lowest BCUT2D eigenvalue weighted by Gasteiger charge is -2.08. The van der Waals surface area contributed by atoms with Crippen molar-refractivity contribution in [3.63, 3.8) is 0 Å². The van der Waals surface area contributed by atoms with E-state index in [0.717, 1.165) is 16.3 Å². The zero-order valence-electron chi connectivity index (χ0n) is 14.0. The van der Waals surface area contributed by atoms with Gasteiger partial charge in [0.1, 0.15) is 10.1 Å². The summed E-state index contributed by atoms with van der Waals surface area (Å²) in [7, 11) is 0. The van der Waals surface area contributed by atoms with Gasteiger partial charge in [-0.1, -0.05) is 72.5 Å². The normalized spacial score (nSPS) is 15.2. The molecule has 4 rings (SSSR count). The molecule has 6 heteroatoms. The minimum Gasteiger partial charge on any atom is -0.423 e. The number of hydrogen-bond donors (Lipinski definition) is 1. The number of thioether (sulfide) groups is 1. The van der Waals surface area contributed by atoms with Gasteiger partial charge in [-0.25, -0.2) is 4.79 Å². The van der Waals surface area contributed by atoms with E-state index < -0.39 is 5.97 Å². The third-order valence-corrected chi connectivity index (χ3v) is 5.18. The van der Waals surface area contributed by atoms with Gasteiger partial charge in [0.25, 0.3) is 5.91 Å². The molecule has 0 radical (unpaired) electrons. The summed E-state index contributed by atoms with van der Waals surface area (Å²) in [5, 5.41) is 4.40. The van der Waals surface area contributed by atoms with Crippen molar-refractivity contribution in [3.8, 4) is 5.75 Å². The molecule has 3 aromatic rings. The van der Waals surface area contributed by atoms with Crippen LogP contribution < -0.4 is 10.1 Å².